The minimum atomic E-state index is -5.10. The summed E-state index contributed by atoms with van der Waals surface area (Å²) in [6.45, 7) is 1.48. The van der Waals surface area contributed by atoms with Gasteiger partial charge in [0, 0.05) is 0 Å². The van der Waals surface area contributed by atoms with Crippen LogP contribution in [0.25, 0.3) is 0 Å². The molecule has 0 bridgehead atoms. The first-order valence-corrected chi connectivity index (χ1v) is 5.29. The first-order chi connectivity index (χ1) is 9.34. The van der Waals surface area contributed by atoms with Gasteiger partial charge in [-0.1, -0.05) is 0 Å². The Morgan fingerprint density at radius 1 is 1.45 bits per heavy atom. The van der Waals surface area contributed by atoms with E-state index in [1.807, 2.05) is 0 Å². The van der Waals surface area contributed by atoms with E-state index in [-0.39, 0.29) is 12.9 Å². The number of carbonyl (C=O) groups is 2. The van der Waals surface area contributed by atoms with Gasteiger partial charge in [-0.25, -0.2) is 4.79 Å². The van der Waals surface area contributed by atoms with Gasteiger partial charge in [-0.15, -0.1) is 13.2 Å². The molecule has 8 heteroatoms. The number of ether oxygens (including phenoxy) is 2. The number of rotatable bonds is 4. The Hall–Kier alpha value is -2.56. The monoisotopic (exact) mass is 287 g/mol. The van der Waals surface area contributed by atoms with Crippen molar-refractivity contribution in [1.29, 1.82) is 5.26 Å². The van der Waals surface area contributed by atoms with Crippen LogP contribution < -0.4 is 4.74 Å². The van der Waals surface area contributed by atoms with Gasteiger partial charge in [-0.3, -0.25) is 4.79 Å². The van der Waals surface area contributed by atoms with Crippen LogP contribution in [0.5, 0.6) is 5.75 Å². The first-order valence-electron chi connectivity index (χ1n) is 5.29. The molecule has 0 aliphatic rings. The zero-order chi connectivity index (χ0) is 15.3. The van der Waals surface area contributed by atoms with E-state index < -0.39 is 34.8 Å². The zero-order valence-corrected chi connectivity index (χ0v) is 10.2. The van der Waals surface area contributed by atoms with Crippen molar-refractivity contribution in [2.24, 2.45) is 0 Å². The molecule has 20 heavy (non-hydrogen) atoms. The normalized spacial score (nSPS) is 10.6. The maximum Gasteiger partial charge on any atom is 0.573 e. The summed E-state index contributed by atoms with van der Waals surface area (Å²) in [4.78, 5) is 22.3. The standard InChI is InChI=1S/C12H8F3NO4/c1-2-19-11(18)8-4-3-7(6-17)10(9(8)5-16)20-12(13,14)15/h3-4,6H,2H2,1H3. The third kappa shape index (κ3) is 3.47. The van der Waals surface area contributed by atoms with E-state index in [0.29, 0.717) is 0 Å². The summed E-state index contributed by atoms with van der Waals surface area (Å²) < 4.78 is 45.1. The highest BCUT2D eigenvalue weighted by Gasteiger charge is 2.34. The molecule has 0 radical (unpaired) electrons. The molecule has 106 valence electrons. The predicted octanol–water partition coefficient (Wildman–Crippen LogP) is 2.45. The minimum Gasteiger partial charge on any atom is -0.462 e. The quantitative estimate of drug-likeness (QED) is 0.628. The van der Waals surface area contributed by atoms with Crippen LogP contribution in [0.1, 0.15) is 33.2 Å². The molecular formula is C12H8F3NO4. The Balaban J connectivity index is 3.45. The lowest BCUT2D eigenvalue weighted by Gasteiger charge is -2.14. The third-order valence-electron chi connectivity index (χ3n) is 2.14. The fraction of sp³-hybridized carbons (Fsp3) is 0.250. The maximum atomic E-state index is 12.3. The number of nitrogens with zero attached hydrogens (tertiary/aromatic N) is 1. The fourth-order valence-corrected chi connectivity index (χ4v) is 1.41. The van der Waals surface area contributed by atoms with E-state index in [0.717, 1.165) is 12.1 Å². The Morgan fingerprint density at radius 3 is 2.55 bits per heavy atom. The molecule has 0 N–H and O–H groups in total. The molecule has 1 rings (SSSR count). The van der Waals surface area contributed by atoms with E-state index in [2.05, 4.69) is 9.47 Å². The van der Waals surface area contributed by atoms with Crippen LogP contribution in [0, 0.1) is 11.3 Å². The fourth-order valence-electron chi connectivity index (χ4n) is 1.41. The molecule has 0 spiro atoms. The molecule has 1 aromatic carbocycles. The second-order valence-corrected chi connectivity index (χ2v) is 3.40. The molecule has 0 aliphatic heterocycles. The smallest absolute Gasteiger partial charge is 0.462 e. The van der Waals surface area contributed by atoms with Crippen molar-refractivity contribution >= 4 is 12.3 Å². The van der Waals surface area contributed by atoms with Gasteiger partial charge in [0.25, 0.3) is 0 Å². The summed E-state index contributed by atoms with van der Waals surface area (Å²) in [6.07, 6.45) is -5.01. The molecule has 0 unspecified atom stereocenters. The second kappa shape index (κ2) is 6.06. The van der Waals surface area contributed by atoms with Crippen molar-refractivity contribution in [1.82, 2.24) is 0 Å². The lowest BCUT2D eigenvalue weighted by molar-refractivity contribution is -0.274. The molecule has 0 amide bonds. The van der Waals surface area contributed by atoms with Crippen LogP contribution in [0.3, 0.4) is 0 Å². The van der Waals surface area contributed by atoms with Crippen molar-refractivity contribution in [3.05, 3.63) is 28.8 Å². The number of carbonyl (C=O) groups excluding carboxylic acids is 2. The summed E-state index contributed by atoms with van der Waals surface area (Å²) in [5.74, 6) is -1.99. The molecular weight excluding hydrogens is 279 g/mol. The van der Waals surface area contributed by atoms with Crippen molar-refractivity contribution in [2.45, 2.75) is 13.3 Å². The molecule has 0 heterocycles. The number of halogens is 3. The number of aldehydes is 1. The van der Waals surface area contributed by atoms with Crippen molar-refractivity contribution in [3.8, 4) is 11.8 Å². The third-order valence-corrected chi connectivity index (χ3v) is 2.14. The summed E-state index contributed by atoms with van der Waals surface area (Å²) in [7, 11) is 0. The van der Waals surface area contributed by atoms with Crippen LogP contribution in [0.15, 0.2) is 12.1 Å². The number of hydrogen-bond donors (Lipinski definition) is 0. The topological polar surface area (TPSA) is 76.4 Å². The van der Waals surface area contributed by atoms with Gasteiger partial charge >= 0.3 is 12.3 Å². The minimum absolute atomic E-state index is 0.0193. The average molecular weight is 287 g/mol. The van der Waals surface area contributed by atoms with Gasteiger partial charge in [0.1, 0.15) is 11.6 Å². The summed E-state index contributed by atoms with van der Waals surface area (Å²) >= 11 is 0. The Bertz CT molecular complexity index is 575. The van der Waals surface area contributed by atoms with Gasteiger partial charge in [-0.2, -0.15) is 5.26 Å². The van der Waals surface area contributed by atoms with Crippen LogP contribution >= 0.6 is 0 Å². The van der Waals surface area contributed by atoms with E-state index in [9.17, 15) is 22.8 Å². The van der Waals surface area contributed by atoms with Crippen molar-refractivity contribution < 1.29 is 32.2 Å². The zero-order valence-electron chi connectivity index (χ0n) is 10.2. The molecule has 5 nitrogen and oxygen atoms in total. The van der Waals surface area contributed by atoms with Crippen LogP contribution in [0.2, 0.25) is 0 Å². The SMILES string of the molecule is CCOC(=O)c1ccc(C=O)c(OC(F)(F)F)c1C#N. The average Bonchev–Trinajstić information content (AvgIpc) is 2.36. The number of esters is 1. The molecule has 0 aromatic heterocycles. The maximum absolute atomic E-state index is 12.3. The van der Waals surface area contributed by atoms with Gasteiger partial charge in [0.2, 0.25) is 0 Å². The van der Waals surface area contributed by atoms with Gasteiger partial charge < -0.3 is 9.47 Å². The summed E-state index contributed by atoms with van der Waals surface area (Å²) in [5, 5.41) is 8.91. The van der Waals surface area contributed by atoms with E-state index in [1.54, 1.807) is 0 Å². The molecule has 0 aliphatic carbocycles. The Labute approximate surface area is 111 Å². The van der Waals surface area contributed by atoms with Crippen LogP contribution in [-0.2, 0) is 4.74 Å². The van der Waals surface area contributed by atoms with E-state index in [4.69, 9.17) is 5.26 Å². The van der Waals surface area contributed by atoms with Crippen LogP contribution in [-0.4, -0.2) is 25.2 Å². The van der Waals surface area contributed by atoms with Gasteiger partial charge in [0.05, 0.1) is 17.7 Å². The molecule has 1 aromatic rings. The highest BCUT2D eigenvalue weighted by atomic mass is 19.4. The van der Waals surface area contributed by atoms with Gasteiger partial charge in [-0.05, 0) is 19.1 Å². The lowest BCUT2D eigenvalue weighted by Crippen LogP contribution is -2.20. The number of nitriles is 1. The summed E-state index contributed by atoms with van der Waals surface area (Å²) in [5.41, 5.74) is -1.60. The Kier molecular flexibility index (Phi) is 4.69. The van der Waals surface area contributed by atoms with Crippen molar-refractivity contribution in [3.63, 3.8) is 0 Å². The highest BCUT2D eigenvalue weighted by molar-refractivity contribution is 5.95. The first kappa shape index (κ1) is 15.5. The van der Waals surface area contributed by atoms with Gasteiger partial charge in [0.15, 0.2) is 12.0 Å². The molecule has 0 atom stereocenters. The highest BCUT2D eigenvalue weighted by Crippen LogP contribution is 2.31. The van der Waals surface area contributed by atoms with Crippen molar-refractivity contribution in [2.75, 3.05) is 6.61 Å². The Morgan fingerprint density at radius 2 is 2.10 bits per heavy atom. The predicted molar refractivity (Wildman–Crippen MR) is 59.2 cm³/mol. The molecule has 0 saturated carbocycles. The molecule has 0 fully saturated rings. The summed E-state index contributed by atoms with van der Waals surface area (Å²) in [6, 6.07) is 3.39. The number of hydrogen-bond acceptors (Lipinski definition) is 5. The number of alkyl halides is 3. The number of benzene rings is 1. The lowest BCUT2D eigenvalue weighted by atomic mass is 10.0. The second-order valence-electron chi connectivity index (χ2n) is 3.40. The van der Waals surface area contributed by atoms with E-state index in [1.165, 1.54) is 13.0 Å². The van der Waals surface area contributed by atoms with Crippen LogP contribution in [0.4, 0.5) is 13.2 Å². The molecule has 0 saturated heterocycles. The van der Waals surface area contributed by atoms with E-state index >= 15 is 0 Å². The largest absolute Gasteiger partial charge is 0.573 e.